The van der Waals surface area contributed by atoms with Crippen LogP contribution < -0.4 is 10.5 Å². The van der Waals surface area contributed by atoms with E-state index in [-0.39, 0.29) is 12.2 Å². The SMILES string of the molecule is CCC(=O)Oc1ccc(Br)c2c1CO[C@H](N)C2. The van der Waals surface area contributed by atoms with Crippen molar-refractivity contribution in [1.29, 1.82) is 0 Å². The Morgan fingerprint density at radius 3 is 3.06 bits per heavy atom. The van der Waals surface area contributed by atoms with E-state index >= 15 is 0 Å². The van der Waals surface area contributed by atoms with Gasteiger partial charge in [0, 0.05) is 22.9 Å². The summed E-state index contributed by atoms with van der Waals surface area (Å²) >= 11 is 3.48. The average molecular weight is 300 g/mol. The zero-order valence-corrected chi connectivity index (χ0v) is 11.1. The minimum atomic E-state index is -0.295. The molecule has 1 aliphatic heterocycles. The maximum Gasteiger partial charge on any atom is 0.310 e. The van der Waals surface area contributed by atoms with Gasteiger partial charge in [-0.3, -0.25) is 4.79 Å². The van der Waals surface area contributed by atoms with Crippen LogP contribution in [0.25, 0.3) is 0 Å². The highest BCUT2D eigenvalue weighted by Gasteiger charge is 2.22. The van der Waals surface area contributed by atoms with Crippen LogP contribution in [-0.4, -0.2) is 12.2 Å². The van der Waals surface area contributed by atoms with Gasteiger partial charge in [0.05, 0.1) is 6.61 Å². The number of ether oxygens (including phenoxy) is 2. The molecule has 0 bridgehead atoms. The molecular formula is C12H14BrNO3. The number of hydrogen-bond donors (Lipinski definition) is 1. The summed E-state index contributed by atoms with van der Waals surface area (Å²) in [6.07, 6.45) is 0.675. The molecule has 0 unspecified atom stereocenters. The Morgan fingerprint density at radius 2 is 2.35 bits per heavy atom. The molecule has 0 spiro atoms. The maximum absolute atomic E-state index is 11.3. The third-order valence-corrected chi connectivity index (χ3v) is 3.43. The number of nitrogens with two attached hydrogens (primary N) is 1. The number of carbonyl (C=O) groups excluding carboxylic acids is 1. The lowest BCUT2D eigenvalue weighted by atomic mass is 10.0. The van der Waals surface area contributed by atoms with Gasteiger partial charge in [-0.2, -0.15) is 0 Å². The molecule has 1 heterocycles. The Labute approximate surface area is 108 Å². The monoisotopic (exact) mass is 299 g/mol. The second-order valence-corrected chi connectivity index (χ2v) is 4.74. The highest BCUT2D eigenvalue weighted by atomic mass is 79.9. The Kier molecular flexibility index (Phi) is 3.81. The lowest BCUT2D eigenvalue weighted by Gasteiger charge is -2.24. The minimum Gasteiger partial charge on any atom is -0.426 e. The van der Waals surface area contributed by atoms with Gasteiger partial charge >= 0.3 is 5.97 Å². The summed E-state index contributed by atoms with van der Waals surface area (Å²) in [5, 5.41) is 0. The van der Waals surface area contributed by atoms with E-state index < -0.39 is 0 Å². The van der Waals surface area contributed by atoms with E-state index in [9.17, 15) is 4.79 Å². The number of carbonyl (C=O) groups is 1. The molecule has 0 amide bonds. The van der Waals surface area contributed by atoms with Crippen molar-refractivity contribution in [3.8, 4) is 5.75 Å². The van der Waals surface area contributed by atoms with E-state index in [2.05, 4.69) is 15.9 Å². The minimum absolute atomic E-state index is 0.246. The third-order valence-electron chi connectivity index (χ3n) is 2.69. The average Bonchev–Trinajstić information content (AvgIpc) is 2.33. The second kappa shape index (κ2) is 5.16. The van der Waals surface area contributed by atoms with Gasteiger partial charge in [0.1, 0.15) is 12.0 Å². The van der Waals surface area contributed by atoms with Crippen LogP contribution in [0.1, 0.15) is 24.5 Å². The predicted octanol–water partition coefficient (Wildman–Crippen LogP) is 2.12. The highest BCUT2D eigenvalue weighted by Crippen LogP contribution is 2.33. The normalized spacial score (nSPS) is 18.6. The molecule has 0 radical (unpaired) electrons. The summed E-state index contributed by atoms with van der Waals surface area (Å²) in [5.74, 6) is 0.325. The molecule has 0 saturated heterocycles. The number of fused-ring (bicyclic) bond motifs is 1. The van der Waals surface area contributed by atoms with Gasteiger partial charge in [0.25, 0.3) is 0 Å². The standard InChI is InChI=1S/C12H14BrNO3/c1-2-12(15)17-10-4-3-9(13)7-5-11(14)16-6-8(7)10/h3-4,11H,2,5-6,14H2,1H3/t11-/m0/s1. The van der Waals surface area contributed by atoms with Crippen molar-refractivity contribution >= 4 is 21.9 Å². The van der Waals surface area contributed by atoms with Crippen LogP contribution in [0.4, 0.5) is 0 Å². The molecule has 1 atom stereocenters. The van der Waals surface area contributed by atoms with Crippen molar-refractivity contribution in [2.75, 3.05) is 0 Å². The molecule has 1 aromatic rings. The van der Waals surface area contributed by atoms with Crippen LogP contribution in [0.2, 0.25) is 0 Å². The van der Waals surface area contributed by atoms with Crippen LogP contribution >= 0.6 is 15.9 Å². The van der Waals surface area contributed by atoms with Crippen molar-refractivity contribution in [3.63, 3.8) is 0 Å². The molecule has 4 nitrogen and oxygen atoms in total. The molecule has 0 fully saturated rings. The third kappa shape index (κ3) is 2.68. The topological polar surface area (TPSA) is 61.5 Å². The quantitative estimate of drug-likeness (QED) is 0.671. The van der Waals surface area contributed by atoms with Gasteiger partial charge in [-0.05, 0) is 17.7 Å². The van der Waals surface area contributed by atoms with E-state index in [1.807, 2.05) is 6.07 Å². The van der Waals surface area contributed by atoms with E-state index in [0.717, 1.165) is 15.6 Å². The predicted molar refractivity (Wildman–Crippen MR) is 66.5 cm³/mol. The van der Waals surface area contributed by atoms with Crippen LogP contribution in [0.15, 0.2) is 16.6 Å². The summed E-state index contributed by atoms with van der Waals surface area (Å²) in [5.41, 5.74) is 7.71. The molecule has 17 heavy (non-hydrogen) atoms. The molecule has 0 saturated carbocycles. The molecular weight excluding hydrogens is 286 g/mol. The second-order valence-electron chi connectivity index (χ2n) is 3.88. The summed E-state index contributed by atoms with van der Waals surface area (Å²) in [6, 6.07) is 3.64. The van der Waals surface area contributed by atoms with Crippen molar-refractivity contribution in [2.45, 2.75) is 32.6 Å². The molecule has 92 valence electrons. The first-order chi connectivity index (χ1) is 8.11. The first kappa shape index (κ1) is 12.5. The first-order valence-electron chi connectivity index (χ1n) is 5.50. The first-order valence-corrected chi connectivity index (χ1v) is 6.29. The fourth-order valence-electron chi connectivity index (χ4n) is 1.76. The van der Waals surface area contributed by atoms with Crippen LogP contribution in [0.3, 0.4) is 0 Å². The summed E-state index contributed by atoms with van der Waals surface area (Å²) in [6.45, 7) is 2.14. The Balaban J connectivity index is 2.35. The number of hydrogen-bond acceptors (Lipinski definition) is 4. The van der Waals surface area contributed by atoms with Gasteiger partial charge in [0.2, 0.25) is 0 Å². The van der Waals surface area contributed by atoms with Gasteiger partial charge in [0.15, 0.2) is 0 Å². The maximum atomic E-state index is 11.3. The number of benzene rings is 1. The number of esters is 1. The van der Waals surface area contributed by atoms with Crippen LogP contribution in [0.5, 0.6) is 5.75 Å². The Morgan fingerprint density at radius 1 is 1.59 bits per heavy atom. The smallest absolute Gasteiger partial charge is 0.310 e. The molecule has 1 aliphatic rings. The molecule has 5 heteroatoms. The van der Waals surface area contributed by atoms with E-state index in [4.69, 9.17) is 15.2 Å². The van der Waals surface area contributed by atoms with Crippen molar-refractivity contribution in [1.82, 2.24) is 0 Å². The number of halogens is 1. The van der Waals surface area contributed by atoms with E-state index in [1.54, 1.807) is 13.0 Å². The molecule has 0 aromatic heterocycles. The fraction of sp³-hybridized carbons (Fsp3) is 0.417. The fourth-order valence-corrected chi connectivity index (χ4v) is 2.30. The van der Waals surface area contributed by atoms with Crippen LogP contribution in [0, 0.1) is 0 Å². The van der Waals surface area contributed by atoms with Crippen molar-refractivity contribution in [3.05, 3.63) is 27.7 Å². The largest absolute Gasteiger partial charge is 0.426 e. The zero-order valence-electron chi connectivity index (χ0n) is 9.53. The van der Waals surface area contributed by atoms with E-state index in [0.29, 0.717) is 25.2 Å². The molecule has 0 aliphatic carbocycles. The summed E-state index contributed by atoms with van der Waals surface area (Å²) in [7, 11) is 0. The molecule has 2 N–H and O–H groups in total. The van der Waals surface area contributed by atoms with Gasteiger partial charge in [-0.1, -0.05) is 22.9 Å². The van der Waals surface area contributed by atoms with E-state index in [1.165, 1.54) is 0 Å². The lowest BCUT2D eigenvalue weighted by Crippen LogP contribution is -2.31. The molecule has 2 rings (SSSR count). The Bertz CT molecular complexity index is 448. The lowest BCUT2D eigenvalue weighted by molar-refractivity contribution is -0.134. The zero-order chi connectivity index (χ0) is 12.4. The van der Waals surface area contributed by atoms with Gasteiger partial charge in [-0.25, -0.2) is 0 Å². The van der Waals surface area contributed by atoms with Crippen LogP contribution in [-0.2, 0) is 22.6 Å². The van der Waals surface area contributed by atoms with Crippen molar-refractivity contribution in [2.24, 2.45) is 5.73 Å². The van der Waals surface area contributed by atoms with Crippen molar-refractivity contribution < 1.29 is 14.3 Å². The summed E-state index contributed by atoms with van der Waals surface area (Å²) < 4.78 is 11.6. The number of rotatable bonds is 2. The van der Waals surface area contributed by atoms with Gasteiger partial charge < -0.3 is 15.2 Å². The molecule has 1 aromatic carbocycles. The summed E-state index contributed by atoms with van der Waals surface area (Å²) in [4.78, 5) is 11.3. The Hall–Kier alpha value is -0.910. The van der Waals surface area contributed by atoms with Gasteiger partial charge in [-0.15, -0.1) is 0 Å². The highest BCUT2D eigenvalue weighted by molar-refractivity contribution is 9.10.